The Labute approximate surface area is 140 Å². The Morgan fingerprint density at radius 2 is 2.12 bits per heavy atom. The van der Waals surface area contributed by atoms with Crippen LogP contribution in [0.15, 0.2) is 34.2 Å². The Bertz CT molecular complexity index is 987. The number of H-pyrrole nitrogens is 1. The van der Waals surface area contributed by atoms with Crippen LogP contribution in [0.25, 0.3) is 0 Å². The third-order valence-corrected chi connectivity index (χ3v) is 4.94. The fraction of sp³-hybridized carbons (Fsp3) is 0.294. The summed E-state index contributed by atoms with van der Waals surface area (Å²) < 4.78 is 23.3. The van der Waals surface area contributed by atoms with Crippen LogP contribution in [0.4, 0.5) is 0 Å². The number of aromatic nitrogens is 2. The van der Waals surface area contributed by atoms with Gasteiger partial charge in [-0.15, -0.1) is 6.42 Å². The Morgan fingerprint density at radius 1 is 1.38 bits per heavy atom. The lowest BCUT2D eigenvalue weighted by atomic mass is 10.0. The maximum Gasteiger partial charge on any atom is 0.255 e. The van der Waals surface area contributed by atoms with E-state index in [4.69, 9.17) is 6.42 Å². The van der Waals surface area contributed by atoms with Crippen LogP contribution in [0.1, 0.15) is 22.4 Å². The minimum atomic E-state index is -3.56. The number of nitrogens with one attached hydrogen (secondary N) is 1. The van der Waals surface area contributed by atoms with Crippen molar-refractivity contribution in [3.63, 3.8) is 0 Å². The largest absolute Gasteiger partial charge is 0.297 e. The monoisotopic (exact) mass is 343 g/mol. The average Bonchev–Trinajstić information content (AvgIpc) is 2.54. The number of fused-ring (bicyclic) bond motifs is 1. The first-order valence-corrected chi connectivity index (χ1v) is 9.36. The molecule has 0 saturated carbocycles. The molecule has 0 fully saturated rings. The predicted octanol–water partition coefficient (Wildman–Crippen LogP) is 0.713. The number of aromatic amines is 1. The van der Waals surface area contributed by atoms with Gasteiger partial charge in [0.1, 0.15) is 0 Å². The van der Waals surface area contributed by atoms with Crippen molar-refractivity contribution in [3.8, 4) is 12.3 Å². The van der Waals surface area contributed by atoms with Gasteiger partial charge < -0.3 is 0 Å². The van der Waals surface area contributed by atoms with Crippen molar-refractivity contribution in [1.82, 2.24) is 14.9 Å². The second-order valence-corrected chi connectivity index (χ2v) is 7.76. The lowest BCUT2D eigenvalue weighted by Crippen LogP contribution is -2.35. The zero-order valence-electron chi connectivity index (χ0n) is 13.2. The molecule has 0 bridgehead atoms. The summed E-state index contributed by atoms with van der Waals surface area (Å²) in [5.41, 5.74) is 2.56. The van der Waals surface area contributed by atoms with Crippen molar-refractivity contribution in [2.45, 2.75) is 24.7 Å². The highest BCUT2D eigenvalue weighted by Gasteiger charge is 2.23. The van der Waals surface area contributed by atoms with E-state index in [0.717, 1.165) is 17.4 Å². The second-order valence-electron chi connectivity index (χ2n) is 5.83. The first-order valence-electron chi connectivity index (χ1n) is 7.47. The molecule has 0 unspecified atom stereocenters. The lowest BCUT2D eigenvalue weighted by molar-refractivity contribution is 0.239. The Balaban J connectivity index is 1.90. The number of rotatable bonds is 3. The van der Waals surface area contributed by atoms with Crippen LogP contribution in [0, 0.1) is 12.3 Å². The molecule has 2 aromatic rings. The van der Waals surface area contributed by atoms with Crippen molar-refractivity contribution in [2.75, 3.05) is 12.8 Å². The topological polar surface area (TPSA) is 83.1 Å². The normalized spacial score (nSPS) is 14.8. The van der Waals surface area contributed by atoms with Crippen molar-refractivity contribution < 1.29 is 8.42 Å². The fourth-order valence-electron chi connectivity index (χ4n) is 2.82. The molecule has 1 aromatic heterocycles. The van der Waals surface area contributed by atoms with E-state index >= 15 is 0 Å². The predicted molar refractivity (Wildman–Crippen MR) is 90.2 cm³/mol. The van der Waals surface area contributed by atoms with Gasteiger partial charge in [-0.1, -0.05) is 24.1 Å². The van der Waals surface area contributed by atoms with Crippen LogP contribution >= 0.6 is 0 Å². The van der Waals surface area contributed by atoms with Gasteiger partial charge in [0, 0.05) is 37.0 Å². The van der Waals surface area contributed by atoms with Crippen LogP contribution in [0.2, 0.25) is 0 Å². The maximum absolute atomic E-state index is 12.1. The molecule has 0 spiro atoms. The third-order valence-electron chi connectivity index (χ3n) is 4.05. The van der Waals surface area contributed by atoms with Gasteiger partial charge >= 0.3 is 0 Å². The van der Waals surface area contributed by atoms with Crippen LogP contribution in [0.3, 0.4) is 0 Å². The molecule has 0 saturated heterocycles. The first-order chi connectivity index (χ1) is 11.4. The standard InChI is InChI=1S/C17H17N3O3S/c1-3-12-6-4-5-7-13(12)10-20-9-8-14-15(11-20)18-17(19-16(14)21)24(2,22)23/h1,4-7H,8-11H2,2H3,(H,18,19,21). The van der Waals surface area contributed by atoms with E-state index < -0.39 is 9.84 Å². The summed E-state index contributed by atoms with van der Waals surface area (Å²) in [4.78, 5) is 20.7. The van der Waals surface area contributed by atoms with E-state index in [0.29, 0.717) is 37.3 Å². The zero-order chi connectivity index (χ0) is 17.3. The van der Waals surface area contributed by atoms with Gasteiger partial charge in [-0.05, 0) is 18.1 Å². The van der Waals surface area contributed by atoms with Gasteiger partial charge in [0.05, 0.1) is 5.69 Å². The summed E-state index contributed by atoms with van der Waals surface area (Å²) in [5.74, 6) is 2.67. The van der Waals surface area contributed by atoms with Gasteiger partial charge in [-0.3, -0.25) is 14.7 Å². The fourth-order valence-corrected chi connectivity index (χ4v) is 3.38. The molecule has 6 nitrogen and oxygen atoms in total. The minimum absolute atomic E-state index is 0.280. The summed E-state index contributed by atoms with van der Waals surface area (Å²) >= 11 is 0. The summed E-state index contributed by atoms with van der Waals surface area (Å²) in [7, 11) is -3.56. The van der Waals surface area contributed by atoms with Crippen molar-refractivity contribution in [3.05, 3.63) is 57.0 Å². The smallest absolute Gasteiger partial charge is 0.255 e. The molecule has 0 atom stereocenters. The summed E-state index contributed by atoms with van der Waals surface area (Å²) in [5, 5.41) is -0.280. The molecule has 7 heteroatoms. The first kappa shape index (κ1) is 16.4. The molecule has 0 radical (unpaired) electrons. The van der Waals surface area contributed by atoms with E-state index in [1.807, 2.05) is 24.3 Å². The van der Waals surface area contributed by atoms with E-state index in [1.165, 1.54) is 0 Å². The molecule has 0 aliphatic carbocycles. The Morgan fingerprint density at radius 3 is 2.83 bits per heavy atom. The number of nitrogens with zero attached hydrogens (tertiary/aromatic N) is 2. The van der Waals surface area contributed by atoms with Gasteiger partial charge in [-0.2, -0.15) is 0 Å². The molecule has 1 aliphatic heterocycles. The number of benzene rings is 1. The highest BCUT2D eigenvalue weighted by molar-refractivity contribution is 7.90. The quantitative estimate of drug-likeness (QED) is 0.656. The zero-order valence-corrected chi connectivity index (χ0v) is 14.1. The third kappa shape index (κ3) is 3.25. The molecule has 24 heavy (non-hydrogen) atoms. The average molecular weight is 343 g/mol. The van der Waals surface area contributed by atoms with Crippen molar-refractivity contribution >= 4 is 9.84 Å². The molecule has 3 rings (SSSR count). The summed E-state index contributed by atoms with van der Waals surface area (Å²) in [6.07, 6.45) is 7.08. The number of hydrogen-bond acceptors (Lipinski definition) is 5. The molecule has 2 heterocycles. The Kier molecular flexibility index (Phi) is 4.26. The van der Waals surface area contributed by atoms with Crippen LogP contribution < -0.4 is 5.56 Å². The van der Waals surface area contributed by atoms with Gasteiger partial charge in [0.2, 0.25) is 15.0 Å². The van der Waals surface area contributed by atoms with E-state index in [1.54, 1.807) is 0 Å². The number of sulfone groups is 1. The van der Waals surface area contributed by atoms with Crippen molar-refractivity contribution in [1.29, 1.82) is 0 Å². The van der Waals surface area contributed by atoms with Crippen LogP contribution in [-0.4, -0.2) is 36.1 Å². The van der Waals surface area contributed by atoms with Gasteiger partial charge in [0.15, 0.2) is 0 Å². The maximum atomic E-state index is 12.1. The van der Waals surface area contributed by atoms with Gasteiger partial charge in [0.25, 0.3) is 5.56 Å². The summed E-state index contributed by atoms with van der Waals surface area (Å²) in [6, 6.07) is 7.68. The van der Waals surface area contributed by atoms with E-state index in [9.17, 15) is 13.2 Å². The van der Waals surface area contributed by atoms with Gasteiger partial charge in [-0.25, -0.2) is 13.4 Å². The molecule has 1 N–H and O–H groups in total. The molecular weight excluding hydrogens is 326 g/mol. The van der Waals surface area contributed by atoms with Crippen molar-refractivity contribution in [2.24, 2.45) is 0 Å². The highest BCUT2D eigenvalue weighted by Crippen LogP contribution is 2.18. The molecule has 1 aromatic carbocycles. The molecule has 0 amide bonds. The molecule has 1 aliphatic rings. The molecule has 124 valence electrons. The number of hydrogen-bond donors (Lipinski definition) is 1. The molecular formula is C17H17N3O3S. The highest BCUT2D eigenvalue weighted by atomic mass is 32.2. The minimum Gasteiger partial charge on any atom is -0.297 e. The Hall–Kier alpha value is -2.43. The van der Waals surface area contributed by atoms with Crippen LogP contribution in [0.5, 0.6) is 0 Å². The SMILES string of the molecule is C#Cc1ccccc1CN1CCc2c(nc(S(C)(=O)=O)[nH]c2=O)C1. The number of terminal acetylenes is 1. The summed E-state index contributed by atoms with van der Waals surface area (Å²) in [6.45, 7) is 1.73. The van der Waals surface area contributed by atoms with E-state index in [-0.39, 0.29) is 10.7 Å². The van der Waals surface area contributed by atoms with E-state index in [2.05, 4.69) is 20.8 Å². The second kappa shape index (κ2) is 6.23. The van der Waals surface area contributed by atoms with Crippen LogP contribution in [-0.2, 0) is 29.3 Å². The lowest BCUT2D eigenvalue weighted by Gasteiger charge is -2.28.